The van der Waals surface area contributed by atoms with E-state index in [1.54, 1.807) is 0 Å². The number of carbonyl (C=O) groups is 3. The third-order valence-electron chi connectivity index (χ3n) is 13.7. The van der Waals surface area contributed by atoms with Crippen molar-refractivity contribution in [3.63, 3.8) is 0 Å². The summed E-state index contributed by atoms with van der Waals surface area (Å²) in [6.07, 6.45) is 78.9. The van der Waals surface area contributed by atoms with Crippen LogP contribution in [0.5, 0.6) is 0 Å². The Bertz CT molecular complexity index is 1360. The maximum absolute atomic E-state index is 12.9. The minimum Gasteiger partial charge on any atom is -0.462 e. The third kappa shape index (κ3) is 59.6. The van der Waals surface area contributed by atoms with Crippen molar-refractivity contribution in [3.05, 3.63) is 72.9 Å². The lowest BCUT2D eigenvalue weighted by Crippen LogP contribution is -2.30. The molecule has 0 aromatic heterocycles. The van der Waals surface area contributed by atoms with Gasteiger partial charge in [-0.3, -0.25) is 14.4 Å². The first-order valence-electron chi connectivity index (χ1n) is 31.4. The minimum absolute atomic E-state index is 0.0875. The van der Waals surface area contributed by atoms with E-state index in [4.69, 9.17) is 14.2 Å². The van der Waals surface area contributed by atoms with Crippen LogP contribution in [0.1, 0.15) is 316 Å². The van der Waals surface area contributed by atoms with Crippen molar-refractivity contribution in [1.82, 2.24) is 0 Å². The molecule has 6 heteroatoms. The highest BCUT2D eigenvalue weighted by molar-refractivity contribution is 5.71. The summed E-state index contributed by atoms with van der Waals surface area (Å²) >= 11 is 0. The van der Waals surface area contributed by atoms with Gasteiger partial charge in [-0.2, -0.15) is 0 Å². The van der Waals surface area contributed by atoms with Crippen LogP contribution in [0.15, 0.2) is 72.9 Å². The maximum Gasteiger partial charge on any atom is 0.306 e. The van der Waals surface area contributed by atoms with Crippen LogP contribution in [0.2, 0.25) is 0 Å². The number of hydrogen-bond donors (Lipinski definition) is 0. The van der Waals surface area contributed by atoms with Crippen LogP contribution in [-0.2, 0) is 28.6 Å². The first-order chi connectivity index (χ1) is 36.0. The monoisotopic (exact) mass is 1020 g/mol. The van der Waals surface area contributed by atoms with Crippen molar-refractivity contribution in [2.45, 2.75) is 322 Å². The van der Waals surface area contributed by atoms with Crippen LogP contribution in [0.4, 0.5) is 0 Å². The molecule has 422 valence electrons. The van der Waals surface area contributed by atoms with Crippen LogP contribution in [0.25, 0.3) is 0 Å². The van der Waals surface area contributed by atoms with E-state index in [2.05, 4.69) is 93.7 Å². The molecule has 0 bridgehead atoms. The number of hydrogen-bond acceptors (Lipinski definition) is 6. The predicted octanol–water partition coefficient (Wildman–Crippen LogP) is 21.3. The van der Waals surface area contributed by atoms with E-state index >= 15 is 0 Å². The van der Waals surface area contributed by atoms with Crippen molar-refractivity contribution < 1.29 is 28.6 Å². The van der Waals surface area contributed by atoms with Crippen molar-refractivity contribution in [2.24, 2.45) is 0 Å². The van der Waals surface area contributed by atoms with E-state index in [-0.39, 0.29) is 31.1 Å². The number of allylic oxidation sites excluding steroid dienone is 12. The normalized spacial score (nSPS) is 12.5. The molecule has 0 N–H and O–H groups in total. The van der Waals surface area contributed by atoms with Crippen LogP contribution >= 0.6 is 0 Å². The summed E-state index contributed by atoms with van der Waals surface area (Å²) in [5.41, 5.74) is 0. The molecule has 0 aliphatic carbocycles. The third-order valence-corrected chi connectivity index (χ3v) is 13.7. The van der Waals surface area contributed by atoms with Gasteiger partial charge in [0.1, 0.15) is 13.2 Å². The summed E-state index contributed by atoms with van der Waals surface area (Å²) < 4.78 is 16.9. The van der Waals surface area contributed by atoms with Crippen LogP contribution in [0, 0.1) is 0 Å². The number of ether oxygens (including phenoxy) is 3. The maximum atomic E-state index is 12.9. The van der Waals surface area contributed by atoms with Crippen molar-refractivity contribution >= 4 is 17.9 Å². The molecule has 0 aliphatic rings. The van der Waals surface area contributed by atoms with Gasteiger partial charge in [-0.05, 0) is 96.3 Å². The Balaban J connectivity index is 4.43. The van der Waals surface area contributed by atoms with Gasteiger partial charge < -0.3 is 14.2 Å². The number of carbonyl (C=O) groups excluding carboxylic acids is 3. The van der Waals surface area contributed by atoms with Crippen LogP contribution in [-0.4, -0.2) is 37.2 Å². The molecule has 0 heterocycles. The Labute approximate surface area is 453 Å². The SMILES string of the molecule is CCCCC/C=C\C/C=C\C/C=C\C/C=C\CCCCCC(=O)OC[C@@H](COC(=O)CCCCCCCCC/C=C\C/C=C\CCCCC)OC(=O)CCCCCCCCCCCCCCCCCCCCC. The molecule has 0 aromatic rings. The zero-order valence-corrected chi connectivity index (χ0v) is 48.4. The lowest BCUT2D eigenvalue weighted by Gasteiger charge is -2.18. The molecule has 0 aliphatic heterocycles. The van der Waals surface area contributed by atoms with E-state index in [1.807, 2.05) is 0 Å². The van der Waals surface area contributed by atoms with Gasteiger partial charge in [0.05, 0.1) is 0 Å². The fourth-order valence-electron chi connectivity index (χ4n) is 8.93. The number of rotatable bonds is 57. The summed E-state index contributed by atoms with van der Waals surface area (Å²) in [7, 11) is 0. The quantitative estimate of drug-likeness (QED) is 0.0261. The van der Waals surface area contributed by atoms with E-state index in [9.17, 15) is 14.4 Å². The predicted molar refractivity (Wildman–Crippen MR) is 316 cm³/mol. The summed E-state index contributed by atoms with van der Waals surface area (Å²) in [6, 6.07) is 0. The highest BCUT2D eigenvalue weighted by Crippen LogP contribution is 2.17. The second-order valence-corrected chi connectivity index (χ2v) is 21.0. The molecule has 0 aromatic carbocycles. The Kier molecular flexibility index (Phi) is 58.7. The second kappa shape index (κ2) is 61.4. The molecular weight excluding hydrogens is 901 g/mol. The lowest BCUT2D eigenvalue weighted by molar-refractivity contribution is -0.167. The summed E-state index contributed by atoms with van der Waals surface area (Å²) in [5.74, 6) is -0.911. The number of unbranched alkanes of at least 4 members (excludes halogenated alkanes) is 34. The van der Waals surface area contributed by atoms with Gasteiger partial charge in [-0.15, -0.1) is 0 Å². The standard InChI is InChI=1S/C67H118O6/c1-4-7-10-13-16-19-22-25-28-31-33-36-39-42-45-48-51-54-57-60-66(69)72-63-64(62-71-65(68)59-56-53-50-47-44-41-38-35-30-27-24-21-18-15-12-9-6-3)73-67(70)61-58-55-52-49-46-43-40-37-34-32-29-26-23-20-17-14-11-8-5-2/h16,18-19,21,25,27-28,30,33,36,42,45,64H,4-15,17,20,22-24,26,29,31-32,34-35,37-41,43-44,46-63H2,1-3H3/b19-16-,21-18-,28-25-,30-27-,36-33-,45-42-/t64-/m1/s1. The molecule has 0 saturated heterocycles. The molecule has 0 spiro atoms. The zero-order valence-electron chi connectivity index (χ0n) is 48.4. The summed E-state index contributed by atoms with van der Waals surface area (Å²) in [6.45, 7) is 6.59. The van der Waals surface area contributed by atoms with E-state index in [1.165, 1.54) is 180 Å². The fourth-order valence-corrected chi connectivity index (χ4v) is 8.93. The fraction of sp³-hybridized carbons (Fsp3) is 0.776. The first kappa shape index (κ1) is 69.8. The molecule has 0 saturated carbocycles. The van der Waals surface area contributed by atoms with Crippen molar-refractivity contribution in [2.75, 3.05) is 13.2 Å². The van der Waals surface area contributed by atoms with E-state index < -0.39 is 6.10 Å². The number of esters is 3. The molecule has 0 amide bonds. The molecule has 1 atom stereocenters. The highest BCUT2D eigenvalue weighted by Gasteiger charge is 2.19. The smallest absolute Gasteiger partial charge is 0.306 e. The van der Waals surface area contributed by atoms with Crippen molar-refractivity contribution in [1.29, 1.82) is 0 Å². The van der Waals surface area contributed by atoms with Gasteiger partial charge in [0.2, 0.25) is 0 Å². The molecular formula is C67H118O6. The average Bonchev–Trinajstić information content (AvgIpc) is 3.39. The molecule has 0 unspecified atom stereocenters. The Morgan fingerprint density at radius 2 is 0.493 bits per heavy atom. The largest absolute Gasteiger partial charge is 0.462 e. The minimum atomic E-state index is -0.792. The van der Waals surface area contributed by atoms with Crippen molar-refractivity contribution in [3.8, 4) is 0 Å². The van der Waals surface area contributed by atoms with E-state index in [0.29, 0.717) is 19.3 Å². The lowest BCUT2D eigenvalue weighted by atomic mass is 10.0. The van der Waals surface area contributed by atoms with Gasteiger partial charge in [-0.25, -0.2) is 0 Å². The highest BCUT2D eigenvalue weighted by atomic mass is 16.6. The first-order valence-corrected chi connectivity index (χ1v) is 31.4. The van der Waals surface area contributed by atoms with Gasteiger partial charge in [-0.1, -0.05) is 273 Å². The topological polar surface area (TPSA) is 78.9 Å². The Hall–Kier alpha value is -3.15. The van der Waals surface area contributed by atoms with Crippen LogP contribution in [0.3, 0.4) is 0 Å². The molecule has 0 fully saturated rings. The molecule has 73 heavy (non-hydrogen) atoms. The molecule has 6 nitrogen and oxygen atoms in total. The Morgan fingerprint density at radius 1 is 0.274 bits per heavy atom. The van der Waals surface area contributed by atoms with Gasteiger partial charge >= 0.3 is 17.9 Å². The molecule has 0 rings (SSSR count). The zero-order chi connectivity index (χ0) is 52.9. The molecule has 0 radical (unpaired) electrons. The second-order valence-electron chi connectivity index (χ2n) is 21.0. The van der Waals surface area contributed by atoms with Crippen LogP contribution < -0.4 is 0 Å². The summed E-state index contributed by atoms with van der Waals surface area (Å²) in [5, 5.41) is 0. The van der Waals surface area contributed by atoms with Gasteiger partial charge in [0.25, 0.3) is 0 Å². The van der Waals surface area contributed by atoms with Gasteiger partial charge in [0.15, 0.2) is 6.10 Å². The van der Waals surface area contributed by atoms with E-state index in [0.717, 1.165) is 96.3 Å². The Morgan fingerprint density at radius 3 is 0.808 bits per heavy atom. The average molecular weight is 1020 g/mol. The summed E-state index contributed by atoms with van der Waals surface area (Å²) in [4.78, 5) is 38.3. The van der Waals surface area contributed by atoms with Gasteiger partial charge in [0, 0.05) is 19.3 Å².